The number of ether oxygens (including phenoxy) is 1. The van der Waals surface area contributed by atoms with E-state index in [4.69, 9.17) is 15.7 Å². The van der Waals surface area contributed by atoms with E-state index in [1.54, 1.807) is 6.92 Å². The van der Waals surface area contributed by atoms with Gasteiger partial charge in [-0.2, -0.15) is 5.26 Å². The lowest BCUT2D eigenvalue weighted by molar-refractivity contribution is -0.130. The summed E-state index contributed by atoms with van der Waals surface area (Å²) in [6.07, 6.45) is 0.899. The predicted molar refractivity (Wildman–Crippen MR) is 59.4 cm³/mol. The molecule has 6 nitrogen and oxygen atoms in total. The second kappa shape index (κ2) is 6.21. The van der Waals surface area contributed by atoms with Crippen LogP contribution in [0.25, 0.3) is 0 Å². The fraction of sp³-hybridized carbons (Fsp3) is 0.727. The highest BCUT2D eigenvalue weighted by Gasteiger charge is 2.27. The fourth-order valence-corrected chi connectivity index (χ4v) is 1.68. The minimum atomic E-state index is -0.780. The molecule has 0 spiro atoms. The molecule has 0 aromatic heterocycles. The van der Waals surface area contributed by atoms with Gasteiger partial charge >= 0.3 is 0 Å². The zero-order chi connectivity index (χ0) is 12.8. The number of carbonyl (C=O) groups excluding carboxylic acids is 2. The van der Waals surface area contributed by atoms with Crippen molar-refractivity contribution in [1.82, 2.24) is 5.32 Å². The van der Waals surface area contributed by atoms with Crippen molar-refractivity contribution >= 4 is 11.8 Å². The van der Waals surface area contributed by atoms with Gasteiger partial charge in [-0.1, -0.05) is 0 Å². The van der Waals surface area contributed by atoms with E-state index in [2.05, 4.69) is 5.32 Å². The van der Waals surface area contributed by atoms with E-state index in [1.165, 1.54) is 0 Å². The van der Waals surface area contributed by atoms with E-state index in [-0.39, 0.29) is 24.2 Å². The number of nitrogens with one attached hydrogen (secondary N) is 1. The van der Waals surface area contributed by atoms with Crippen LogP contribution in [0.2, 0.25) is 0 Å². The monoisotopic (exact) mass is 239 g/mol. The Morgan fingerprint density at radius 3 is 2.82 bits per heavy atom. The summed E-state index contributed by atoms with van der Waals surface area (Å²) in [5.41, 5.74) is 5.19. The summed E-state index contributed by atoms with van der Waals surface area (Å²) in [5, 5.41) is 11.3. The summed E-state index contributed by atoms with van der Waals surface area (Å²) in [4.78, 5) is 22.9. The second-order valence-electron chi connectivity index (χ2n) is 4.29. The average Bonchev–Trinajstić information content (AvgIpc) is 2.81. The number of nitrogens with two attached hydrogens (primary N) is 1. The molecule has 3 atom stereocenters. The molecule has 2 amide bonds. The van der Waals surface area contributed by atoms with E-state index in [9.17, 15) is 9.59 Å². The molecule has 1 rings (SSSR count). The summed E-state index contributed by atoms with van der Waals surface area (Å²) in [7, 11) is 0. The quantitative estimate of drug-likeness (QED) is 0.677. The van der Waals surface area contributed by atoms with Gasteiger partial charge in [-0.15, -0.1) is 0 Å². The lowest BCUT2D eigenvalue weighted by Gasteiger charge is -2.18. The number of amides is 2. The van der Waals surface area contributed by atoms with Crippen molar-refractivity contribution in [3.05, 3.63) is 0 Å². The topological polar surface area (TPSA) is 105 Å². The number of primary amides is 1. The van der Waals surface area contributed by atoms with Gasteiger partial charge in [-0.05, 0) is 19.8 Å². The lowest BCUT2D eigenvalue weighted by atomic mass is 10.0. The van der Waals surface area contributed by atoms with Gasteiger partial charge < -0.3 is 15.8 Å². The highest BCUT2D eigenvalue weighted by Crippen LogP contribution is 2.13. The molecule has 0 radical (unpaired) electrons. The van der Waals surface area contributed by atoms with E-state index in [0.29, 0.717) is 19.6 Å². The Bertz CT molecular complexity index is 331. The molecule has 0 aromatic carbocycles. The third-order valence-electron chi connectivity index (χ3n) is 2.77. The molecule has 1 fully saturated rings. The van der Waals surface area contributed by atoms with Crippen LogP contribution >= 0.6 is 0 Å². The van der Waals surface area contributed by atoms with Crippen LogP contribution in [0.5, 0.6) is 0 Å². The summed E-state index contributed by atoms with van der Waals surface area (Å²) >= 11 is 0. The molecule has 17 heavy (non-hydrogen) atoms. The Morgan fingerprint density at radius 1 is 1.65 bits per heavy atom. The van der Waals surface area contributed by atoms with Crippen molar-refractivity contribution in [3.63, 3.8) is 0 Å². The van der Waals surface area contributed by atoms with Crippen molar-refractivity contribution in [2.45, 2.75) is 25.8 Å². The van der Waals surface area contributed by atoms with Crippen molar-refractivity contribution < 1.29 is 14.3 Å². The maximum absolute atomic E-state index is 11.7. The summed E-state index contributed by atoms with van der Waals surface area (Å²) < 4.78 is 5.09. The molecular formula is C11H17N3O3. The van der Waals surface area contributed by atoms with Crippen molar-refractivity contribution in [3.8, 4) is 6.07 Å². The van der Waals surface area contributed by atoms with Crippen molar-refractivity contribution in [2.75, 3.05) is 13.2 Å². The number of carbonyl (C=O) groups is 2. The molecule has 0 unspecified atom stereocenters. The SMILES string of the molecule is C[C@@H](C#N)C[C@@H](NC(=O)[C@@H]1CCOC1)C(N)=O. The minimum Gasteiger partial charge on any atom is -0.381 e. The first kappa shape index (κ1) is 13.5. The number of hydrogen-bond donors (Lipinski definition) is 2. The summed E-state index contributed by atoms with van der Waals surface area (Å²) in [6.45, 7) is 2.62. The number of nitrogens with zero attached hydrogens (tertiary/aromatic N) is 1. The molecule has 1 heterocycles. The van der Waals surface area contributed by atoms with Crippen LogP contribution in [-0.2, 0) is 14.3 Å². The maximum Gasteiger partial charge on any atom is 0.240 e. The highest BCUT2D eigenvalue weighted by molar-refractivity contribution is 5.87. The van der Waals surface area contributed by atoms with Gasteiger partial charge in [0.1, 0.15) is 6.04 Å². The predicted octanol–water partition coefficient (Wildman–Crippen LogP) is -0.457. The number of hydrogen-bond acceptors (Lipinski definition) is 4. The highest BCUT2D eigenvalue weighted by atomic mass is 16.5. The average molecular weight is 239 g/mol. The van der Waals surface area contributed by atoms with Gasteiger partial charge in [0.2, 0.25) is 11.8 Å². The Labute approximate surface area is 100 Å². The molecule has 1 aliphatic rings. The minimum absolute atomic E-state index is 0.214. The van der Waals surface area contributed by atoms with E-state index < -0.39 is 11.9 Å². The van der Waals surface area contributed by atoms with Crippen LogP contribution in [0.4, 0.5) is 0 Å². The van der Waals surface area contributed by atoms with Crippen LogP contribution in [-0.4, -0.2) is 31.1 Å². The van der Waals surface area contributed by atoms with Gasteiger partial charge in [0.15, 0.2) is 0 Å². The largest absolute Gasteiger partial charge is 0.381 e. The van der Waals surface area contributed by atoms with Crippen LogP contribution in [0.1, 0.15) is 19.8 Å². The lowest BCUT2D eigenvalue weighted by Crippen LogP contribution is -2.47. The Morgan fingerprint density at radius 2 is 2.35 bits per heavy atom. The van der Waals surface area contributed by atoms with Gasteiger partial charge in [0.25, 0.3) is 0 Å². The maximum atomic E-state index is 11.7. The first-order chi connectivity index (χ1) is 8.04. The van der Waals surface area contributed by atoms with Gasteiger partial charge in [0, 0.05) is 12.5 Å². The molecule has 1 aliphatic heterocycles. The van der Waals surface area contributed by atoms with Gasteiger partial charge in [-0.3, -0.25) is 9.59 Å². The standard InChI is InChI=1S/C11H17N3O3/c1-7(5-12)4-9(10(13)15)14-11(16)8-2-3-17-6-8/h7-9H,2-4,6H2,1H3,(H2,13,15)(H,14,16)/t7-,8-,9-/m1/s1. The molecule has 0 saturated carbocycles. The van der Waals surface area contributed by atoms with Gasteiger partial charge in [0.05, 0.1) is 18.6 Å². The van der Waals surface area contributed by atoms with Gasteiger partial charge in [-0.25, -0.2) is 0 Å². The molecule has 6 heteroatoms. The molecule has 0 aliphatic carbocycles. The first-order valence-corrected chi connectivity index (χ1v) is 5.61. The summed E-state index contributed by atoms with van der Waals surface area (Å²) in [5.74, 6) is -1.38. The first-order valence-electron chi connectivity index (χ1n) is 5.61. The molecular weight excluding hydrogens is 222 g/mol. The Kier molecular flexibility index (Phi) is 4.91. The molecule has 94 valence electrons. The molecule has 0 aromatic rings. The number of nitriles is 1. The Hall–Kier alpha value is -1.61. The molecule has 3 N–H and O–H groups in total. The molecule has 0 bridgehead atoms. The smallest absolute Gasteiger partial charge is 0.240 e. The van der Waals surface area contributed by atoms with E-state index >= 15 is 0 Å². The van der Waals surface area contributed by atoms with Crippen molar-refractivity contribution in [2.24, 2.45) is 17.6 Å². The second-order valence-corrected chi connectivity index (χ2v) is 4.29. The zero-order valence-corrected chi connectivity index (χ0v) is 9.81. The third kappa shape index (κ3) is 4.04. The summed E-state index contributed by atoms with van der Waals surface area (Å²) in [6, 6.07) is 1.23. The third-order valence-corrected chi connectivity index (χ3v) is 2.77. The van der Waals surface area contributed by atoms with Crippen LogP contribution in [0.15, 0.2) is 0 Å². The van der Waals surface area contributed by atoms with Crippen LogP contribution in [0, 0.1) is 23.2 Å². The van der Waals surface area contributed by atoms with Crippen molar-refractivity contribution in [1.29, 1.82) is 5.26 Å². The Balaban J connectivity index is 2.51. The normalized spacial score (nSPS) is 22.5. The van der Waals surface area contributed by atoms with E-state index in [1.807, 2.05) is 6.07 Å². The number of rotatable bonds is 5. The zero-order valence-electron chi connectivity index (χ0n) is 9.81. The van der Waals surface area contributed by atoms with E-state index in [0.717, 1.165) is 0 Å². The fourth-order valence-electron chi connectivity index (χ4n) is 1.68. The molecule has 1 saturated heterocycles. The van der Waals surface area contributed by atoms with Crippen LogP contribution in [0.3, 0.4) is 0 Å². The van der Waals surface area contributed by atoms with Crippen LogP contribution < -0.4 is 11.1 Å².